The van der Waals surface area contributed by atoms with Crippen LogP contribution >= 0.6 is 0 Å². The number of aromatic hydroxyl groups is 1. The van der Waals surface area contributed by atoms with E-state index >= 15 is 4.39 Å². The first-order valence-corrected chi connectivity index (χ1v) is 16.6. The van der Waals surface area contributed by atoms with E-state index in [-0.39, 0.29) is 53.0 Å². The number of likely N-dealkylation sites (tertiary alicyclic amines) is 1. The average molecular weight is 678 g/mol. The van der Waals surface area contributed by atoms with Crippen LogP contribution in [0.15, 0.2) is 66.7 Å². The molecule has 256 valence electrons. The molecule has 3 aromatic carbocycles. The number of imide groups is 2. The zero-order valence-electron chi connectivity index (χ0n) is 27.1. The van der Waals surface area contributed by atoms with Crippen molar-refractivity contribution in [2.75, 3.05) is 31.1 Å². The van der Waals surface area contributed by atoms with E-state index < -0.39 is 35.5 Å². The summed E-state index contributed by atoms with van der Waals surface area (Å²) in [6, 6.07) is 16.0. The third-order valence-corrected chi connectivity index (χ3v) is 10.2. The summed E-state index contributed by atoms with van der Waals surface area (Å²) in [4.78, 5) is 55.3. The highest BCUT2D eigenvalue weighted by Gasteiger charge is 2.46. The van der Waals surface area contributed by atoms with Gasteiger partial charge < -0.3 is 21.1 Å². The van der Waals surface area contributed by atoms with Crippen molar-refractivity contribution in [2.24, 2.45) is 5.73 Å². The fourth-order valence-electron chi connectivity index (χ4n) is 7.38. The van der Waals surface area contributed by atoms with Gasteiger partial charge >= 0.3 is 0 Å². The summed E-state index contributed by atoms with van der Waals surface area (Å²) in [5.74, 6) is -3.01. The summed E-state index contributed by atoms with van der Waals surface area (Å²) in [5.41, 5.74) is 8.81. The predicted octanol–water partition coefficient (Wildman–Crippen LogP) is 3.39. The molecule has 1 unspecified atom stereocenters. The molecule has 0 spiro atoms. The molecular weight excluding hydrogens is 641 g/mol. The van der Waals surface area contributed by atoms with Crippen LogP contribution in [0.5, 0.6) is 5.75 Å². The van der Waals surface area contributed by atoms with E-state index in [2.05, 4.69) is 10.2 Å². The average Bonchev–Trinajstić information content (AvgIpc) is 3.31. The standard InChI is InChI=1S/C37H36FN7O5/c38-28-15-26-27(37(50)45(36(26)49)30-9-10-33(47)42-35(30)48)17-31(28)44-18-23(19-44)43-13-11-21(12-14-43)20-5-7-22(8-6-20)25(34(40)41)16-29(39)24-3-1-2-4-32(24)46/h1-8,15-17,21,23,30,39,46H,9-14,18-19H2,(H3,40,41)(H,42,47,48)/b25-16-,39-29?. The highest BCUT2D eigenvalue weighted by Crippen LogP contribution is 2.36. The smallest absolute Gasteiger partial charge is 0.262 e. The number of carbonyl (C=O) groups is 4. The lowest BCUT2D eigenvalue weighted by molar-refractivity contribution is -0.136. The number of carbonyl (C=O) groups excluding carboxylic acids is 4. The number of anilines is 1. The lowest BCUT2D eigenvalue weighted by Gasteiger charge is -2.48. The number of hydrogen-bond donors (Lipinski definition) is 5. The van der Waals surface area contributed by atoms with Gasteiger partial charge in [0.05, 0.1) is 22.5 Å². The topological polar surface area (TPSA) is 184 Å². The molecule has 3 saturated heterocycles. The third kappa shape index (κ3) is 5.93. The maximum absolute atomic E-state index is 15.3. The van der Waals surface area contributed by atoms with Gasteiger partial charge in [-0.2, -0.15) is 0 Å². The number of amides is 4. The minimum absolute atomic E-state index is 0.0115. The largest absolute Gasteiger partial charge is 0.507 e. The van der Waals surface area contributed by atoms with E-state index in [9.17, 15) is 24.3 Å². The number of phenols is 1. The summed E-state index contributed by atoms with van der Waals surface area (Å²) < 4.78 is 15.3. The Hall–Kier alpha value is -5.69. The zero-order valence-corrected chi connectivity index (χ0v) is 27.1. The molecule has 0 radical (unpaired) electrons. The Morgan fingerprint density at radius 1 is 0.920 bits per heavy atom. The molecule has 4 aliphatic rings. The van der Waals surface area contributed by atoms with Crippen molar-refractivity contribution in [1.29, 1.82) is 10.8 Å². The van der Waals surface area contributed by atoms with E-state index in [0.717, 1.165) is 36.9 Å². The molecule has 0 aliphatic carbocycles. The molecule has 4 amide bonds. The summed E-state index contributed by atoms with van der Waals surface area (Å²) in [6.45, 7) is 2.87. The molecule has 3 fully saturated rings. The maximum atomic E-state index is 15.3. The number of halogens is 1. The first-order chi connectivity index (χ1) is 24.0. The second-order valence-corrected chi connectivity index (χ2v) is 13.2. The van der Waals surface area contributed by atoms with Crippen molar-refractivity contribution in [2.45, 2.75) is 43.7 Å². The normalized spacial score (nSPS) is 20.5. The summed E-state index contributed by atoms with van der Waals surface area (Å²) >= 11 is 0. The van der Waals surface area contributed by atoms with Crippen LogP contribution in [0.2, 0.25) is 0 Å². The molecule has 0 bridgehead atoms. The van der Waals surface area contributed by atoms with E-state index in [1.165, 1.54) is 23.8 Å². The van der Waals surface area contributed by atoms with Crippen LogP contribution in [0.25, 0.3) is 5.57 Å². The molecule has 4 aliphatic heterocycles. The van der Waals surface area contributed by atoms with E-state index in [1.54, 1.807) is 18.2 Å². The number of fused-ring (bicyclic) bond motifs is 1. The van der Waals surface area contributed by atoms with Crippen molar-refractivity contribution in [3.8, 4) is 5.75 Å². The molecule has 4 heterocycles. The van der Waals surface area contributed by atoms with Gasteiger partial charge in [0.2, 0.25) is 11.8 Å². The van der Waals surface area contributed by atoms with E-state index in [4.69, 9.17) is 16.6 Å². The summed E-state index contributed by atoms with van der Waals surface area (Å²) in [5, 5.41) is 28.8. The fraction of sp³-hybridized carbons (Fsp3) is 0.297. The lowest BCUT2D eigenvalue weighted by Crippen LogP contribution is -2.61. The van der Waals surface area contributed by atoms with Gasteiger partial charge in [0.1, 0.15) is 23.4 Å². The Morgan fingerprint density at radius 3 is 2.22 bits per heavy atom. The number of rotatable bonds is 8. The van der Waals surface area contributed by atoms with Gasteiger partial charge in [-0.1, -0.05) is 36.4 Å². The van der Waals surface area contributed by atoms with Crippen LogP contribution in [0.4, 0.5) is 10.1 Å². The third-order valence-electron chi connectivity index (χ3n) is 10.2. The van der Waals surface area contributed by atoms with Crippen LogP contribution in [0, 0.1) is 16.6 Å². The van der Waals surface area contributed by atoms with Gasteiger partial charge in [-0.3, -0.25) is 39.7 Å². The number of amidine groups is 1. The first-order valence-electron chi connectivity index (χ1n) is 16.6. The molecule has 50 heavy (non-hydrogen) atoms. The first kappa shape index (κ1) is 32.8. The van der Waals surface area contributed by atoms with Crippen LogP contribution in [0.3, 0.4) is 0 Å². The maximum Gasteiger partial charge on any atom is 0.262 e. The molecule has 7 rings (SSSR count). The quantitative estimate of drug-likeness (QED) is 0.137. The number of nitrogens with one attached hydrogen (secondary N) is 3. The summed E-state index contributed by atoms with van der Waals surface area (Å²) in [7, 11) is 0. The Kier molecular flexibility index (Phi) is 8.52. The minimum Gasteiger partial charge on any atom is -0.507 e. The number of hydrogen-bond acceptors (Lipinski definition) is 9. The van der Waals surface area contributed by atoms with E-state index in [0.29, 0.717) is 35.7 Å². The van der Waals surface area contributed by atoms with Crippen LogP contribution in [-0.4, -0.2) is 88.3 Å². The Labute approximate surface area is 287 Å². The highest BCUT2D eigenvalue weighted by atomic mass is 19.1. The molecule has 0 aromatic heterocycles. The molecule has 12 nitrogen and oxygen atoms in total. The number of nitrogens with zero attached hydrogens (tertiary/aromatic N) is 3. The van der Waals surface area contributed by atoms with Crippen molar-refractivity contribution in [3.05, 3.63) is 100 Å². The molecule has 6 N–H and O–H groups in total. The summed E-state index contributed by atoms with van der Waals surface area (Å²) in [6.07, 6.45) is 3.41. The second-order valence-electron chi connectivity index (χ2n) is 13.2. The van der Waals surface area contributed by atoms with Crippen LogP contribution < -0.4 is 16.0 Å². The zero-order chi connectivity index (χ0) is 35.3. The van der Waals surface area contributed by atoms with Gasteiger partial charge in [0.15, 0.2) is 0 Å². The number of allylic oxidation sites excluding steroid dienone is 1. The van der Waals surface area contributed by atoms with Gasteiger partial charge in [-0.05, 0) is 79.7 Å². The molecule has 0 saturated carbocycles. The molecule has 1 atom stereocenters. The molecule has 3 aromatic rings. The number of phenolic OH excluding ortho intramolecular Hbond substituents is 1. The van der Waals surface area contributed by atoms with Crippen LogP contribution in [0.1, 0.15) is 69.0 Å². The van der Waals surface area contributed by atoms with Gasteiger partial charge in [-0.25, -0.2) is 4.39 Å². The Balaban J connectivity index is 0.954. The van der Waals surface area contributed by atoms with Gasteiger partial charge in [0, 0.05) is 36.7 Å². The SMILES string of the molecule is N=C(N)/C(=C\C(=N)c1ccccc1O)c1ccc(C2CCN(C3CN(c4cc5c(cc4F)C(=O)N(C4CCC(=O)NC4=O)C5=O)C3)CC2)cc1. The lowest BCUT2D eigenvalue weighted by atomic mass is 9.87. The van der Waals surface area contributed by atoms with Gasteiger partial charge in [0.25, 0.3) is 11.8 Å². The molecular formula is C37H36FN7O5. The van der Waals surface area contributed by atoms with Crippen molar-refractivity contribution in [3.63, 3.8) is 0 Å². The minimum atomic E-state index is -1.10. The monoisotopic (exact) mass is 677 g/mol. The van der Waals surface area contributed by atoms with Crippen LogP contribution in [-0.2, 0) is 9.59 Å². The van der Waals surface area contributed by atoms with Crippen molar-refractivity contribution >= 4 is 46.4 Å². The number of nitrogens with two attached hydrogens (primary N) is 1. The second kappa shape index (κ2) is 13.0. The predicted molar refractivity (Wildman–Crippen MR) is 184 cm³/mol. The number of benzene rings is 3. The number of piperidine rings is 2. The molecule has 13 heteroatoms. The highest BCUT2D eigenvalue weighted by molar-refractivity contribution is 6.27. The fourth-order valence-corrected chi connectivity index (χ4v) is 7.38. The van der Waals surface area contributed by atoms with Crippen molar-refractivity contribution < 1.29 is 28.7 Å². The Bertz CT molecular complexity index is 1980. The number of para-hydroxylation sites is 1. The van der Waals surface area contributed by atoms with E-state index in [1.807, 2.05) is 29.2 Å². The van der Waals surface area contributed by atoms with Crippen molar-refractivity contribution in [1.82, 2.24) is 15.1 Å². The van der Waals surface area contributed by atoms with Gasteiger partial charge in [-0.15, -0.1) is 0 Å². The Morgan fingerprint density at radius 2 is 1.58 bits per heavy atom.